The predicted molar refractivity (Wildman–Crippen MR) is 235 cm³/mol. The minimum atomic E-state index is 0.769. The first-order chi connectivity index (χ1) is 27.8. The summed E-state index contributed by atoms with van der Waals surface area (Å²) in [6.45, 7) is 0. The fourth-order valence-electron chi connectivity index (χ4n) is 9.39. The molecule has 260 valence electrons. The molecule has 0 saturated heterocycles. The molecule has 0 unspecified atom stereocenters. The Bertz CT molecular complexity index is 3710. The first kappa shape index (κ1) is 30.2. The highest BCUT2D eigenvalue weighted by molar-refractivity contribution is 7.18. The van der Waals surface area contributed by atoms with Gasteiger partial charge in [-0.05, 0) is 73.9 Å². The summed E-state index contributed by atoms with van der Waals surface area (Å²) in [7, 11) is 0. The van der Waals surface area contributed by atoms with Gasteiger partial charge in [-0.2, -0.15) is 0 Å². The largest absolute Gasteiger partial charge is 0.455 e. The Balaban J connectivity index is 1.14. The number of hydrogen-bond donors (Lipinski definition) is 0. The highest BCUT2D eigenvalue weighted by Gasteiger charge is 2.25. The lowest BCUT2D eigenvalue weighted by Gasteiger charge is -2.17. The van der Waals surface area contributed by atoms with Crippen LogP contribution in [0.4, 0.5) is 0 Å². The molecular formula is C52H28O3S. The number of hydrogen-bond acceptors (Lipinski definition) is 4. The van der Waals surface area contributed by atoms with Gasteiger partial charge in [0.25, 0.3) is 0 Å². The van der Waals surface area contributed by atoms with Crippen LogP contribution in [-0.4, -0.2) is 0 Å². The number of para-hydroxylation sites is 3. The summed E-state index contributed by atoms with van der Waals surface area (Å²) >= 11 is 1.75. The van der Waals surface area contributed by atoms with Gasteiger partial charge in [0, 0.05) is 59.1 Å². The summed E-state index contributed by atoms with van der Waals surface area (Å²) in [5.41, 5.74) is 12.0. The molecule has 13 rings (SSSR count). The summed E-state index contributed by atoms with van der Waals surface area (Å²) < 4.78 is 21.6. The van der Waals surface area contributed by atoms with Crippen molar-refractivity contribution in [2.45, 2.75) is 0 Å². The van der Waals surface area contributed by atoms with Crippen LogP contribution in [0.5, 0.6) is 0 Å². The lowest BCUT2D eigenvalue weighted by atomic mass is 9.85. The zero-order valence-electron chi connectivity index (χ0n) is 29.8. The van der Waals surface area contributed by atoms with Gasteiger partial charge in [-0.15, -0.1) is 11.3 Å². The molecule has 0 radical (unpaired) electrons. The third-order valence-corrected chi connectivity index (χ3v) is 12.7. The van der Waals surface area contributed by atoms with Crippen LogP contribution in [-0.2, 0) is 0 Å². The standard InChI is InChI=1S/C52H28O3S/c1-2-13-29(14-3-1)45-31-16-4-6-18-33(31)46(34-19-7-5-17-32(34)45)38-22-12-21-35-36-25-26-44-48(50(36)55-49(35)38)41(28-56-44)39-27-40-30-15-8-10-23-42(30)53-51(40)52-47(39)37-20-9-11-24-43(37)54-52/h1-28H. The minimum Gasteiger partial charge on any atom is -0.455 e. The zero-order valence-corrected chi connectivity index (χ0v) is 30.6. The second-order valence-electron chi connectivity index (χ2n) is 14.7. The van der Waals surface area contributed by atoms with Gasteiger partial charge >= 0.3 is 0 Å². The van der Waals surface area contributed by atoms with E-state index in [1.54, 1.807) is 11.3 Å². The van der Waals surface area contributed by atoms with Crippen LogP contribution in [0.3, 0.4) is 0 Å². The van der Waals surface area contributed by atoms with Gasteiger partial charge in [-0.3, -0.25) is 0 Å². The first-order valence-corrected chi connectivity index (χ1v) is 19.8. The molecule has 0 N–H and O–H groups in total. The van der Waals surface area contributed by atoms with E-state index < -0.39 is 0 Å². The van der Waals surface area contributed by atoms with Gasteiger partial charge in [0.1, 0.15) is 22.3 Å². The van der Waals surface area contributed by atoms with Crippen LogP contribution >= 0.6 is 11.3 Å². The molecule has 13 aromatic rings. The maximum atomic E-state index is 7.27. The number of rotatable bonds is 3. The first-order valence-electron chi connectivity index (χ1n) is 18.9. The van der Waals surface area contributed by atoms with E-state index in [1.807, 2.05) is 24.3 Å². The van der Waals surface area contributed by atoms with E-state index in [-0.39, 0.29) is 0 Å². The SMILES string of the molecule is c1ccc(-c2c3ccccc3c(-c3cccc4c3oc3c4ccc4scc(-c5cc6c7ccccc7oc6c6oc7ccccc7c56)c43)c3ccccc23)cc1. The van der Waals surface area contributed by atoms with Crippen molar-refractivity contribution in [2.24, 2.45) is 0 Å². The Labute approximate surface area is 323 Å². The van der Waals surface area contributed by atoms with Crippen LogP contribution < -0.4 is 0 Å². The Morgan fingerprint density at radius 3 is 1.66 bits per heavy atom. The Kier molecular flexibility index (Phi) is 6.04. The highest BCUT2D eigenvalue weighted by Crippen LogP contribution is 2.51. The van der Waals surface area contributed by atoms with Gasteiger partial charge in [-0.25, -0.2) is 0 Å². The highest BCUT2D eigenvalue weighted by atomic mass is 32.1. The maximum absolute atomic E-state index is 7.27. The monoisotopic (exact) mass is 732 g/mol. The maximum Gasteiger partial charge on any atom is 0.179 e. The fraction of sp³-hybridized carbons (Fsp3) is 0. The topological polar surface area (TPSA) is 39.4 Å². The van der Waals surface area contributed by atoms with E-state index in [2.05, 4.69) is 145 Å². The summed E-state index contributed by atoms with van der Waals surface area (Å²) in [5, 5.41) is 14.7. The summed E-state index contributed by atoms with van der Waals surface area (Å²) in [6.07, 6.45) is 0. The molecule has 4 heteroatoms. The third-order valence-electron chi connectivity index (χ3n) is 11.7. The van der Waals surface area contributed by atoms with Crippen molar-refractivity contribution in [1.29, 1.82) is 0 Å². The molecule has 56 heavy (non-hydrogen) atoms. The Hall–Kier alpha value is -7.14. The van der Waals surface area contributed by atoms with Crippen LogP contribution in [0.2, 0.25) is 0 Å². The molecule has 0 bridgehead atoms. The van der Waals surface area contributed by atoms with E-state index in [0.29, 0.717) is 0 Å². The van der Waals surface area contributed by atoms with Crippen molar-refractivity contribution in [3.05, 3.63) is 169 Å². The molecule has 0 aliphatic carbocycles. The molecular weight excluding hydrogens is 705 g/mol. The van der Waals surface area contributed by atoms with Crippen molar-refractivity contribution in [1.82, 2.24) is 0 Å². The predicted octanol–water partition coefficient (Wildman–Crippen LogP) is 15.9. The fourth-order valence-corrected chi connectivity index (χ4v) is 10.3. The molecule has 0 fully saturated rings. The van der Waals surface area contributed by atoms with E-state index in [1.165, 1.54) is 42.9 Å². The Morgan fingerprint density at radius 2 is 0.911 bits per heavy atom. The zero-order chi connectivity index (χ0) is 36.5. The second-order valence-corrected chi connectivity index (χ2v) is 15.6. The number of furan rings is 3. The summed E-state index contributed by atoms with van der Waals surface area (Å²) in [5.74, 6) is 0. The average Bonchev–Trinajstić information content (AvgIpc) is 4.04. The second kappa shape index (κ2) is 11.2. The minimum absolute atomic E-state index is 0.769. The normalized spacial score (nSPS) is 12.3. The summed E-state index contributed by atoms with van der Waals surface area (Å²) in [4.78, 5) is 0. The quantitative estimate of drug-likeness (QED) is 0.170. The molecule has 0 aliphatic heterocycles. The van der Waals surface area contributed by atoms with Crippen LogP contribution in [0, 0.1) is 0 Å². The molecule has 9 aromatic carbocycles. The third kappa shape index (κ3) is 4.01. The van der Waals surface area contributed by atoms with Gasteiger partial charge in [0.15, 0.2) is 11.2 Å². The molecule has 0 spiro atoms. The number of fused-ring (bicyclic) bond motifs is 14. The van der Waals surface area contributed by atoms with Gasteiger partial charge in [0.2, 0.25) is 0 Å². The van der Waals surface area contributed by atoms with Gasteiger partial charge in [0.05, 0.1) is 0 Å². The molecule has 4 aromatic heterocycles. The molecule has 3 nitrogen and oxygen atoms in total. The molecule has 4 heterocycles. The molecule has 0 saturated carbocycles. The summed E-state index contributed by atoms with van der Waals surface area (Å²) in [6, 6.07) is 58.3. The van der Waals surface area contributed by atoms with Crippen LogP contribution in [0.15, 0.2) is 182 Å². The average molecular weight is 733 g/mol. The van der Waals surface area contributed by atoms with Crippen LogP contribution in [0.25, 0.3) is 131 Å². The van der Waals surface area contributed by atoms with Crippen LogP contribution in [0.1, 0.15) is 0 Å². The van der Waals surface area contributed by atoms with Crippen molar-refractivity contribution in [3.63, 3.8) is 0 Å². The lowest BCUT2D eigenvalue weighted by molar-refractivity contribution is 0.633. The lowest BCUT2D eigenvalue weighted by Crippen LogP contribution is -1.90. The van der Waals surface area contributed by atoms with Crippen molar-refractivity contribution in [2.75, 3.05) is 0 Å². The Morgan fingerprint density at radius 1 is 0.321 bits per heavy atom. The van der Waals surface area contributed by atoms with Crippen molar-refractivity contribution in [3.8, 4) is 33.4 Å². The van der Waals surface area contributed by atoms with Crippen molar-refractivity contribution >= 4 is 109 Å². The molecule has 0 atom stereocenters. The van der Waals surface area contributed by atoms with E-state index in [4.69, 9.17) is 13.3 Å². The van der Waals surface area contributed by atoms with Gasteiger partial charge in [-0.1, -0.05) is 133 Å². The van der Waals surface area contributed by atoms with Gasteiger partial charge < -0.3 is 13.3 Å². The number of thiophene rings is 1. The van der Waals surface area contributed by atoms with E-state index in [9.17, 15) is 0 Å². The van der Waals surface area contributed by atoms with Crippen molar-refractivity contribution < 1.29 is 13.3 Å². The molecule has 0 aliphatic rings. The van der Waals surface area contributed by atoms with E-state index >= 15 is 0 Å². The van der Waals surface area contributed by atoms with E-state index in [0.717, 1.165) is 87.9 Å². The smallest absolute Gasteiger partial charge is 0.179 e. The number of benzene rings is 9. The molecule has 0 amide bonds.